The number of thiophene rings is 1. The maximum atomic E-state index is 13.1. The Balaban J connectivity index is 1.86. The minimum Gasteiger partial charge on any atom is -0.507 e. The lowest BCUT2D eigenvalue weighted by molar-refractivity contribution is -0.132. The van der Waals surface area contributed by atoms with E-state index >= 15 is 0 Å². The first kappa shape index (κ1) is 20.7. The van der Waals surface area contributed by atoms with Crippen LogP contribution >= 0.6 is 11.3 Å². The van der Waals surface area contributed by atoms with Gasteiger partial charge in [0.15, 0.2) is 0 Å². The molecule has 1 N–H and O–H groups in total. The van der Waals surface area contributed by atoms with Crippen molar-refractivity contribution in [2.45, 2.75) is 13.0 Å². The van der Waals surface area contributed by atoms with Gasteiger partial charge in [-0.05, 0) is 54.8 Å². The zero-order valence-corrected chi connectivity index (χ0v) is 17.9. The molecule has 0 bridgehead atoms. The molecule has 2 heterocycles. The number of hydrogen-bond acceptors (Lipinski definition) is 6. The highest BCUT2D eigenvalue weighted by atomic mass is 32.1. The average molecular weight is 436 g/mol. The molecule has 1 aromatic heterocycles. The maximum Gasteiger partial charge on any atom is 0.300 e. The first-order valence-electron chi connectivity index (χ1n) is 9.76. The van der Waals surface area contributed by atoms with Gasteiger partial charge < -0.3 is 14.6 Å². The van der Waals surface area contributed by atoms with Gasteiger partial charge in [0.2, 0.25) is 0 Å². The maximum absolute atomic E-state index is 13.1. The van der Waals surface area contributed by atoms with Crippen molar-refractivity contribution in [1.82, 2.24) is 0 Å². The first-order valence-corrected chi connectivity index (χ1v) is 10.6. The molecule has 31 heavy (non-hydrogen) atoms. The lowest BCUT2D eigenvalue weighted by Crippen LogP contribution is -2.29. The highest BCUT2D eigenvalue weighted by molar-refractivity contribution is 7.10. The van der Waals surface area contributed by atoms with Gasteiger partial charge in [-0.15, -0.1) is 11.3 Å². The van der Waals surface area contributed by atoms with Crippen LogP contribution < -0.4 is 14.4 Å². The van der Waals surface area contributed by atoms with E-state index in [1.54, 1.807) is 55.6 Å². The number of ether oxygens (including phenoxy) is 2. The summed E-state index contributed by atoms with van der Waals surface area (Å²) < 4.78 is 10.7. The van der Waals surface area contributed by atoms with Crippen LogP contribution in [0.25, 0.3) is 5.76 Å². The summed E-state index contributed by atoms with van der Waals surface area (Å²) in [5.74, 6) is -0.417. The molecular formula is C24H21NO5S. The predicted octanol–water partition coefficient (Wildman–Crippen LogP) is 4.78. The van der Waals surface area contributed by atoms with E-state index in [2.05, 4.69) is 0 Å². The Hall–Kier alpha value is -3.58. The zero-order valence-electron chi connectivity index (χ0n) is 17.1. The number of aliphatic hydroxyl groups is 1. The van der Waals surface area contributed by atoms with E-state index in [-0.39, 0.29) is 11.3 Å². The number of Topliss-reactive ketones (excluding diaryl/α,β-unsaturated/α-hetero) is 1. The van der Waals surface area contributed by atoms with E-state index < -0.39 is 17.7 Å². The van der Waals surface area contributed by atoms with Gasteiger partial charge >= 0.3 is 0 Å². The molecule has 0 spiro atoms. The van der Waals surface area contributed by atoms with Crippen molar-refractivity contribution in [2.75, 3.05) is 18.6 Å². The molecule has 1 unspecified atom stereocenters. The summed E-state index contributed by atoms with van der Waals surface area (Å²) in [6.45, 7) is 2.35. The molecule has 7 heteroatoms. The molecule has 1 amide bonds. The van der Waals surface area contributed by atoms with E-state index in [4.69, 9.17) is 9.47 Å². The Labute approximate surface area is 184 Å². The van der Waals surface area contributed by atoms with E-state index in [9.17, 15) is 14.7 Å². The van der Waals surface area contributed by atoms with Crippen LogP contribution in [0.1, 0.15) is 23.4 Å². The van der Waals surface area contributed by atoms with Crippen LogP contribution in [0.4, 0.5) is 5.69 Å². The molecule has 0 aliphatic carbocycles. The fourth-order valence-electron chi connectivity index (χ4n) is 3.61. The van der Waals surface area contributed by atoms with Crippen LogP contribution in [-0.4, -0.2) is 30.5 Å². The largest absolute Gasteiger partial charge is 0.507 e. The van der Waals surface area contributed by atoms with Crippen LogP contribution in [0.2, 0.25) is 0 Å². The summed E-state index contributed by atoms with van der Waals surface area (Å²) in [4.78, 5) is 28.4. The average Bonchev–Trinajstić information content (AvgIpc) is 3.41. The molecule has 1 saturated heterocycles. The molecule has 1 fully saturated rings. The van der Waals surface area contributed by atoms with Gasteiger partial charge in [-0.1, -0.05) is 12.1 Å². The van der Waals surface area contributed by atoms with Gasteiger partial charge in [-0.2, -0.15) is 0 Å². The number of nitrogens with zero attached hydrogens (tertiary/aromatic N) is 1. The number of benzene rings is 2. The topological polar surface area (TPSA) is 76.1 Å². The van der Waals surface area contributed by atoms with Crippen LogP contribution in [-0.2, 0) is 9.59 Å². The van der Waals surface area contributed by atoms with Crippen molar-refractivity contribution in [3.05, 3.63) is 82.1 Å². The van der Waals surface area contributed by atoms with Crippen molar-refractivity contribution in [3.63, 3.8) is 0 Å². The number of carbonyl (C=O) groups excluding carboxylic acids is 2. The molecular weight excluding hydrogens is 414 g/mol. The fourth-order valence-corrected chi connectivity index (χ4v) is 4.43. The SMILES string of the molecule is CCOc1cccc(N2C(=O)C(=O)/C(=C(\O)c3ccc(OC)cc3)C2c2cccs2)c1. The quantitative estimate of drug-likeness (QED) is 0.343. The van der Waals surface area contributed by atoms with Gasteiger partial charge in [0.25, 0.3) is 11.7 Å². The van der Waals surface area contributed by atoms with Crippen molar-refractivity contribution >= 4 is 34.5 Å². The minimum atomic E-state index is -0.737. The van der Waals surface area contributed by atoms with Gasteiger partial charge in [-0.3, -0.25) is 14.5 Å². The van der Waals surface area contributed by atoms with E-state index in [0.717, 1.165) is 4.88 Å². The van der Waals surface area contributed by atoms with Gasteiger partial charge in [0, 0.05) is 22.2 Å². The molecule has 0 radical (unpaired) electrons. The Kier molecular flexibility index (Phi) is 5.77. The molecule has 3 aromatic rings. The number of methoxy groups -OCH3 is 1. The second kappa shape index (κ2) is 8.65. The smallest absolute Gasteiger partial charge is 0.300 e. The van der Waals surface area contributed by atoms with Gasteiger partial charge in [0.1, 0.15) is 23.3 Å². The Bertz CT molecular complexity index is 1140. The lowest BCUT2D eigenvalue weighted by atomic mass is 9.99. The summed E-state index contributed by atoms with van der Waals surface area (Å²) in [6.07, 6.45) is 0. The molecule has 158 valence electrons. The van der Waals surface area contributed by atoms with Gasteiger partial charge in [-0.25, -0.2) is 0 Å². The van der Waals surface area contributed by atoms with E-state index in [0.29, 0.717) is 29.4 Å². The monoisotopic (exact) mass is 435 g/mol. The number of hydrogen-bond donors (Lipinski definition) is 1. The van der Waals surface area contributed by atoms with Crippen molar-refractivity contribution < 1.29 is 24.2 Å². The summed E-state index contributed by atoms with van der Waals surface area (Å²) in [5.41, 5.74) is 1.02. The third kappa shape index (κ3) is 3.80. The van der Waals surface area contributed by atoms with E-state index in [1.807, 2.05) is 24.4 Å². The molecule has 2 aromatic carbocycles. The van der Waals surface area contributed by atoms with Gasteiger partial charge in [0.05, 0.1) is 19.3 Å². The van der Waals surface area contributed by atoms with Crippen LogP contribution in [0.15, 0.2) is 71.6 Å². The summed E-state index contributed by atoms with van der Waals surface area (Å²) in [7, 11) is 1.55. The lowest BCUT2D eigenvalue weighted by Gasteiger charge is -2.24. The molecule has 6 nitrogen and oxygen atoms in total. The Morgan fingerprint density at radius 3 is 2.48 bits per heavy atom. The number of carbonyl (C=O) groups is 2. The number of anilines is 1. The highest BCUT2D eigenvalue weighted by Gasteiger charge is 2.47. The Morgan fingerprint density at radius 2 is 1.84 bits per heavy atom. The Morgan fingerprint density at radius 1 is 1.06 bits per heavy atom. The molecule has 1 atom stereocenters. The summed E-state index contributed by atoms with van der Waals surface area (Å²) in [5, 5.41) is 12.9. The normalized spacial score (nSPS) is 17.7. The highest BCUT2D eigenvalue weighted by Crippen LogP contribution is 2.44. The van der Waals surface area contributed by atoms with Crippen LogP contribution in [0.5, 0.6) is 11.5 Å². The second-order valence-corrected chi connectivity index (χ2v) is 7.82. The fraction of sp³-hybridized carbons (Fsp3) is 0.167. The van der Waals surface area contributed by atoms with Crippen molar-refractivity contribution in [3.8, 4) is 11.5 Å². The summed E-state index contributed by atoms with van der Waals surface area (Å²) in [6, 6.07) is 16.7. The van der Waals surface area contributed by atoms with Crippen LogP contribution in [0, 0.1) is 0 Å². The predicted molar refractivity (Wildman–Crippen MR) is 120 cm³/mol. The number of aliphatic hydroxyl groups excluding tert-OH is 1. The minimum absolute atomic E-state index is 0.0550. The number of rotatable bonds is 6. The standard InChI is InChI=1S/C24H21NO5S/c1-3-30-18-7-4-6-16(14-18)25-21(19-8-5-13-31-19)20(23(27)24(25)28)22(26)15-9-11-17(29-2)12-10-15/h4-14,21,26H,3H2,1-2H3/b22-20-. The number of amides is 1. The number of ketones is 1. The summed E-state index contributed by atoms with van der Waals surface area (Å²) >= 11 is 1.42. The van der Waals surface area contributed by atoms with Crippen molar-refractivity contribution in [1.29, 1.82) is 0 Å². The molecule has 0 saturated carbocycles. The molecule has 1 aliphatic rings. The van der Waals surface area contributed by atoms with E-state index in [1.165, 1.54) is 16.2 Å². The zero-order chi connectivity index (χ0) is 22.0. The molecule has 1 aliphatic heterocycles. The second-order valence-electron chi connectivity index (χ2n) is 6.84. The third-order valence-corrected chi connectivity index (χ3v) is 5.95. The molecule has 4 rings (SSSR count). The first-order chi connectivity index (χ1) is 15.0. The van der Waals surface area contributed by atoms with Crippen LogP contribution in [0.3, 0.4) is 0 Å². The van der Waals surface area contributed by atoms with Crippen molar-refractivity contribution in [2.24, 2.45) is 0 Å². The third-order valence-electron chi connectivity index (χ3n) is 5.03.